The highest BCUT2D eigenvalue weighted by Gasteiger charge is 2.42. The Morgan fingerprint density at radius 3 is 2.88 bits per heavy atom. The maximum atomic E-state index is 10.9. The molecule has 1 heterocycles. The number of oxime groups is 1. The van der Waals surface area contributed by atoms with Crippen molar-refractivity contribution in [3.8, 4) is 6.07 Å². The SMILES string of the molecule is CON=C1CNCC1(C#N)COS(C)(=O)=O. The third-order valence-corrected chi connectivity index (χ3v) is 2.75. The molecule has 7 nitrogen and oxygen atoms in total. The third-order valence-electron chi connectivity index (χ3n) is 2.21. The van der Waals surface area contributed by atoms with Crippen LogP contribution in [0.5, 0.6) is 0 Å². The van der Waals surface area contributed by atoms with E-state index in [2.05, 4.69) is 19.5 Å². The van der Waals surface area contributed by atoms with Crippen molar-refractivity contribution in [3.63, 3.8) is 0 Å². The average molecular weight is 247 g/mol. The van der Waals surface area contributed by atoms with Crippen LogP contribution in [0.25, 0.3) is 0 Å². The molecule has 0 saturated carbocycles. The van der Waals surface area contributed by atoms with Crippen molar-refractivity contribution in [1.29, 1.82) is 5.26 Å². The molecular formula is C8H13N3O4S. The first-order chi connectivity index (χ1) is 7.43. The zero-order chi connectivity index (χ0) is 12.2. The van der Waals surface area contributed by atoms with E-state index in [0.29, 0.717) is 18.8 Å². The van der Waals surface area contributed by atoms with E-state index in [1.54, 1.807) is 0 Å². The molecule has 8 heteroatoms. The lowest BCUT2D eigenvalue weighted by atomic mass is 9.88. The van der Waals surface area contributed by atoms with Crippen LogP contribution in [-0.2, 0) is 19.1 Å². The van der Waals surface area contributed by atoms with E-state index >= 15 is 0 Å². The highest BCUT2D eigenvalue weighted by atomic mass is 32.2. The Morgan fingerprint density at radius 1 is 1.69 bits per heavy atom. The summed E-state index contributed by atoms with van der Waals surface area (Å²) in [6, 6.07) is 2.02. The summed E-state index contributed by atoms with van der Waals surface area (Å²) in [6.07, 6.45) is 0.938. The fourth-order valence-electron chi connectivity index (χ4n) is 1.37. The lowest BCUT2D eigenvalue weighted by Gasteiger charge is -2.18. The first kappa shape index (κ1) is 12.9. The second-order valence-corrected chi connectivity index (χ2v) is 5.13. The molecule has 0 amide bonds. The van der Waals surface area contributed by atoms with E-state index in [4.69, 9.17) is 5.26 Å². The van der Waals surface area contributed by atoms with Gasteiger partial charge in [0.25, 0.3) is 10.1 Å². The quantitative estimate of drug-likeness (QED) is 0.509. The van der Waals surface area contributed by atoms with Gasteiger partial charge < -0.3 is 10.2 Å². The van der Waals surface area contributed by atoms with E-state index in [1.165, 1.54) is 7.11 Å². The molecular weight excluding hydrogens is 234 g/mol. The third kappa shape index (κ3) is 2.91. The van der Waals surface area contributed by atoms with Crippen LogP contribution >= 0.6 is 0 Å². The van der Waals surface area contributed by atoms with Gasteiger partial charge in [-0.05, 0) is 0 Å². The zero-order valence-corrected chi connectivity index (χ0v) is 9.87. The predicted octanol–water partition coefficient (Wildman–Crippen LogP) is -0.922. The van der Waals surface area contributed by atoms with Gasteiger partial charge in [-0.2, -0.15) is 13.7 Å². The van der Waals surface area contributed by atoms with Gasteiger partial charge in [0.1, 0.15) is 12.5 Å². The maximum absolute atomic E-state index is 10.9. The van der Waals surface area contributed by atoms with Gasteiger partial charge >= 0.3 is 0 Å². The molecule has 0 aromatic carbocycles. The molecule has 16 heavy (non-hydrogen) atoms. The normalized spacial score (nSPS) is 27.9. The number of hydrogen-bond acceptors (Lipinski definition) is 7. The van der Waals surface area contributed by atoms with Gasteiger partial charge in [0.15, 0.2) is 0 Å². The monoisotopic (exact) mass is 247 g/mol. The molecule has 1 saturated heterocycles. The van der Waals surface area contributed by atoms with Crippen LogP contribution in [0.2, 0.25) is 0 Å². The minimum atomic E-state index is -3.57. The van der Waals surface area contributed by atoms with E-state index in [0.717, 1.165) is 6.26 Å². The van der Waals surface area contributed by atoms with Gasteiger partial charge in [0, 0.05) is 13.1 Å². The summed E-state index contributed by atoms with van der Waals surface area (Å²) in [6.45, 7) is 0.424. The van der Waals surface area contributed by atoms with Gasteiger partial charge in [-0.25, -0.2) is 0 Å². The summed E-state index contributed by atoms with van der Waals surface area (Å²) < 4.78 is 26.4. The molecule has 90 valence electrons. The van der Waals surface area contributed by atoms with Crippen LogP contribution < -0.4 is 5.32 Å². The Kier molecular flexibility index (Phi) is 3.85. The first-order valence-corrected chi connectivity index (χ1v) is 6.32. The Hall–Kier alpha value is -1.17. The molecule has 1 fully saturated rings. The average Bonchev–Trinajstić information content (AvgIpc) is 2.59. The summed E-state index contributed by atoms with van der Waals surface area (Å²) in [7, 11) is -2.21. The molecule has 1 rings (SSSR count). The summed E-state index contributed by atoms with van der Waals surface area (Å²) in [5, 5.41) is 15.7. The molecule has 1 atom stereocenters. The highest BCUT2D eigenvalue weighted by Crippen LogP contribution is 2.23. The summed E-state index contributed by atoms with van der Waals surface area (Å²) in [4.78, 5) is 4.61. The van der Waals surface area contributed by atoms with Gasteiger partial charge in [0.05, 0.1) is 24.6 Å². The Balaban J connectivity index is 2.86. The largest absolute Gasteiger partial charge is 0.399 e. The molecule has 1 unspecified atom stereocenters. The standard InChI is InChI=1S/C8H13N3O4S/c1-14-11-7-3-10-5-8(7,4-9)6-15-16(2,12)13/h10H,3,5-6H2,1-2H3. The van der Waals surface area contributed by atoms with Crippen molar-refractivity contribution >= 4 is 15.8 Å². The highest BCUT2D eigenvalue weighted by molar-refractivity contribution is 7.85. The van der Waals surface area contributed by atoms with Crippen molar-refractivity contribution in [2.24, 2.45) is 10.6 Å². The molecule has 0 radical (unpaired) electrons. The second kappa shape index (κ2) is 4.78. The van der Waals surface area contributed by atoms with Crippen LogP contribution in [-0.4, -0.2) is 47.2 Å². The van der Waals surface area contributed by atoms with Crippen LogP contribution in [0.4, 0.5) is 0 Å². The van der Waals surface area contributed by atoms with Gasteiger partial charge in [-0.1, -0.05) is 5.16 Å². The number of rotatable bonds is 4. The fraction of sp³-hybridized carbons (Fsp3) is 0.750. The minimum absolute atomic E-state index is 0.252. The van der Waals surface area contributed by atoms with Gasteiger partial charge in [-0.15, -0.1) is 0 Å². The van der Waals surface area contributed by atoms with E-state index in [9.17, 15) is 8.42 Å². The van der Waals surface area contributed by atoms with Crippen LogP contribution in [0.15, 0.2) is 5.16 Å². The number of hydrogen-bond donors (Lipinski definition) is 1. The Labute approximate surface area is 94.1 Å². The molecule has 0 bridgehead atoms. The number of nitriles is 1. The van der Waals surface area contributed by atoms with Crippen molar-refractivity contribution in [3.05, 3.63) is 0 Å². The fourth-order valence-corrected chi connectivity index (χ4v) is 1.79. The minimum Gasteiger partial charge on any atom is -0.399 e. The molecule has 1 aliphatic heterocycles. The van der Waals surface area contributed by atoms with Crippen molar-refractivity contribution < 1.29 is 17.4 Å². The van der Waals surface area contributed by atoms with Gasteiger partial charge in [0.2, 0.25) is 0 Å². The van der Waals surface area contributed by atoms with Crippen LogP contribution in [0, 0.1) is 16.7 Å². The molecule has 1 N–H and O–H groups in total. The van der Waals surface area contributed by atoms with Crippen molar-refractivity contribution in [2.45, 2.75) is 0 Å². The topological polar surface area (TPSA) is 101 Å². The van der Waals surface area contributed by atoms with E-state index < -0.39 is 15.5 Å². The Bertz CT molecular complexity index is 425. The molecule has 0 spiro atoms. The molecule has 1 aliphatic rings. The smallest absolute Gasteiger partial charge is 0.264 e. The zero-order valence-electron chi connectivity index (χ0n) is 9.06. The predicted molar refractivity (Wildman–Crippen MR) is 56.2 cm³/mol. The second-order valence-electron chi connectivity index (χ2n) is 3.48. The summed E-state index contributed by atoms with van der Waals surface area (Å²) in [5.41, 5.74) is -0.625. The van der Waals surface area contributed by atoms with E-state index in [-0.39, 0.29) is 6.61 Å². The Morgan fingerprint density at radius 2 is 2.38 bits per heavy atom. The van der Waals surface area contributed by atoms with Crippen molar-refractivity contribution in [1.82, 2.24) is 5.32 Å². The molecule has 0 aromatic rings. The van der Waals surface area contributed by atoms with Crippen LogP contribution in [0.1, 0.15) is 0 Å². The molecule has 0 aromatic heterocycles. The number of nitrogens with zero attached hydrogens (tertiary/aromatic N) is 2. The summed E-state index contributed by atoms with van der Waals surface area (Å²) in [5.74, 6) is 0. The maximum Gasteiger partial charge on any atom is 0.264 e. The lowest BCUT2D eigenvalue weighted by Crippen LogP contribution is -2.35. The molecule has 0 aliphatic carbocycles. The summed E-state index contributed by atoms with van der Waals surface area (Å²) >= 11 is 0. The lowest BCUT2D eigenvalue weighted by molar-refractivity contribution is 0.204. The van der Waals surface area contributed by atoms with Crippen molar-refractivity contribution in [2.75, 3.05) is 33.1 Å². The van der Waals surface area contributed by atoms with Crippen LogP contribution in [0.3, 0.4) is 0 Å². The van der Waals surface area contributed by atoms with Gasteiger partial charge in [-0.3, -0.25) is 4.18 Å². The number of nitrogens with one attached hydrogen (secondary N) is 1. The van der Waals surface area contributed by atoms with E-state index in [1.807, 2.05) is 6.07 Å². The first-order valence-electron chi connectivity index (χ1n) is 4.50.